The number of para-hydroxylation sites is 1. The second-order valence-electron chi connectivity index (χ2n) is 5.96. The first-order chi connectivity index (χ1) is 12.5. The fourth-order valence-electron chi connectivity index (χ4n) is 2.97. The molecule has 1 aliphatic heterocycles. The molecule has 0 bridgehead atoms. The third-order valence-electron chi connectivity index (χ3n) is 4.38. The third kappa shape index (κ3) is 3.40. The van der Waals surface area contributed by atoms with Crippen molar-refractivity contribution in [3.8, 4) is 5.75 Å². The minimum Gasteiger partial charge on any atom is -0.486 e. The Hall–Kier alpha value is -2.90. The second kappa shape index (κ2) is 7.55. The Bertz CT molecular complexity index is 820. The van der Waals surface area contributed by atoms with Gasteiger partial charge in [0.1, 0.15) is 18.4 Å². The summed E-state index contributed by atoms with van der Waals surface area (Å²) in [5.41, 5.74) is 0.489. The Morgan fingerprint density at radius 3 is 2.88 bits per heavy atom. The van der Waals surface area contributed by atoms with E-state index in [2.05, 4.69) is 5.16 Å². The van der Waals surface area contributed by atoms with Gasteiger partial charge in [-0.15, -0.1) is 0 Å². The summed E-state index contributed by atoms with van der Waals surface area (Å²) < 4.78 is 29.1. The summed E-state index contributed by atoms with van der Waals surface area (Å²) in [5.74, 6) is -0.916. The average Bonchev–Trinajstić information content (AvgIpc) is 3.27. The monoisotopic (exact) mass is 362 g/mol. The Labute approximate surface area is 149 Å². The molecule has 1 amide bonds. The predicted molar refractivity (Wildman–Crippen MR) is 88.0 cm³/mol. The molecule has 1 aliphatic rings. The lowest BCUT2D eigenvalue weighted by atomic mass is 10.1. The van der Waals surface area contributed by atoms with Gasteiger partial charge in [0.2, 0.25) is 0 Å². The Kier molecular flexibility index (Phi) is 5.20. The number of hydrogen-bond acceptors (Lipinski definition) is 6. The second-order valence-corrected chi connectivity index (χ2v) is 5.96. The molecular weight excluding hydrogens is 343 g/mol. The van der Waals surface area contributed by atoms with Gasteiger partial charge in [-0.05, 0) is 31.9 Å². The molecule has 3 rings (SSSR count). The van der Waals surface area contributed by atoms with Gasteiger partial charge in [0.25, 0.3) is 5.91 Å². The van der Waals surface area contributed by atoms with Crippen LogP contribution in [0.5, 0.6) is 5.75 Å². The van der Waals surface area contributed by atoms with E-state index >= 15 is 0 Å². The number of nitrogens with zero attached hydrogens (tertiary/aromatic N) is 2. The van der Waals surface area contributed by atoms with Crippen LogP contribution in [0.15, 0.2) is 28.8 Å². The third-order valence-corrected chi connectivity index (χ3v) is 4.38. The van der Waals surface area contributed by atoms with Crippen molar-refractivity contribution >= 4 is 11.9 Å². The van der Waals surface area contributed by atoms with Crippen molar-refractivity contribution in [3.05, 3.63) is 47.1 Å². The number of methoxy groups -OCH3 is 1. The Morgan fingerprint density at radius 1 is 1.38 bits per heavy atom. The highest BCUT2D eigenvalue weighted by Gasteiger charge is 2.37. The van der Waals surface area contributed by atoms with Crippen molar-refractivity contribution in [2.75, 3.05) is 13.7 Å². The first kappa shape index (κ1) is 17.9. The van der Waals surface area contributed by atoms with Crippen molar-refractivity contribution in [2.24, 2.45) is 0 Å². The van der Waals surface area contributed by atoms with E-state index < -0.39 is 23.7 Å². The summed E-state index contributed by atoms with van der Waals surface area (Å²) in [6.07, 6.45) is 1.24. The van der Waals surface area contributed by atoms with Crippen molar-refractivity contribution in [2.45, 2.75) is 32.4 Å². The molecule has 0 spiro atoms. The zero-order valence-electron chi connectivity index (χ0n) is 14.5. The van der Waals surface area contributed by atoms with Gasteiger partial charge in [-0.2, -0.15) is 0 Å². The lowest BCUT2D eigenvalue weighted by Crippen LogP contribution is -2.41. The lowest BCUT2D eigenvalue weighted by molar-refractivity contribution is -0.145. The van der Waals surface area contributed by atoms with Crippen molar-refractivity contribution in [3.63, 3.8) is 0 Å². The standard InChI is InChI=1S/C18H19FN2O5/c1-11-12(10-25-15-8-4-3-6-13(15)19)16(20-26-11)17(22)21-9-5-7-14(21)18(23)24-2/h3-4,6,8,14H,5,7,9-10H2,1-2H3. The first-order valence-corrected chi connectivity index (χ1v) is 8.24. The first-order valence-electron chi connectivity index (χ1n) is 8.24. The molecule has 138 valence electrons. The highest BCUT2D eigenvalue weighted by atomic mass is 19.1. The van der Waals surface area contributed by atoms with Crippen LogP contribution in [0.4, 0.5) is 4.39 Å². The summed E-state index contributed by atoms with van der Waals surface area (Å²) in [7, 11) is 1.29. The van der Waals surface area contributed by atoms with Crippen LogP contribution in [0, 0.1) is 12.7 Å². The number of aryl methyl sites for hydroxylation is 1. The van der Waals surface area contributed by atoms with E-state index in [1.54, 1.807) is 19.1 Å². The van der Waals surface area contributed by atoms with Crippen LogP contribution in [0.1, 0.15) is 34.7 Å². The minimum atomic E-state index is -0.634. The highest BCUT2D eigenvalue weighted by molar-refractivity contribution is 5.96. The van der Waals surface area contributed by atoms with Crippen LogP contribution in [0.2, 0.25) is 0 Å². The van der Waals surface area contributed by atoms with Crippen molar-refractivity contribution in [1.82, 2.24) is 10.1 Å². The van der Waals surface area contributed by atoms with Crippen LogP contribution in [-0.4, -0.2) is 41.6 Å². The normalized spacial score (nSPS) is 16.6. The molecule has 1 fully saturated rings. The van der Waals surface area contributed by atoms with Crippen LogP contribution in [-0.2, 0) is 16.1 Å². The van der Waals surface area contributed by atoms with Gasteiger partial charge in [-0.3, -0.25) is 4.79 Å². The van der Waals surface area contributed by atoms with Crippen LogP contribution in [0.3, 0.4) is 0 Å². The number of ether oxygens (including phenoxy) is 2. The average molecular weight is 362 g/mol. The quantitative estimate of drug-likeness (QED) is 0.760. The molecular formula is C18H19FN2O5. The van der Waals surface area contributed by atoms with Gasteiger partial charge in [0.05, 0.1) is 12.7 Å². The van der Waals surface area contributed by atoms with E-state index in [1.807, 2.05) is 0 Å². The topological polar surface area (TPSA) is 81.9 Å². The number of hydrogen-bond donors (Lipinski definition) is 0. The summed E-state index contributed by atoms with van der Waals surface area (Å²) in [4.78, 5) is 26.2. The molecule has 2 heterocycles. The number of benzene rings is 1. The molecule has 2 aromatic rings. The summed E-state index contributed by atoms with van der Waals surface area (Å²) in [6.45, 7) is 2.00. The number of carbonyl (C=O) groups is 2. The molecule has 1 aromatic carbocycles. The van der Waals surface area contributed by atoms with Crippen LogP contribution < -0.4 is 4.74 Å². The number of carbonyl (C=O) groups excluding carboxylic acids is 2. The van der Waals surface area contributed by atoms with Gasteiger partial charge in [0.15, 0.2) is 17.3 Å². The number of esters is 1. The molecule has 1 aromatic heterocycles. The number of rotatable bonds is 5. The van der Waals surface area contributed by atoms with E-state index in [0.29, 0.717) is 30.7 Å². The van der Waals surface area contributed by atoms with Gasteiger partial charge in [-0.1, -0.05) is 17.3 Å². The number of halogens is 1. The molecule has 1 saturated heterocycles. The zero-order valence-corrected chi connectivity index (χ0v) is 14.5. The Balaban J connectivity index is 1.80. The maximum Gasteiger partial charge on any atom is 0.328 e. The highest BCUT2D eigenvalue weighted by Crippen LogP contribution is 2.25. The van der Waals surface area contributed by atoms with Gasteiger partial charge < -0.3 is 18.9 Å². The zero-order chi connectivity index (χ0) is 18.7. The molecule has 1 atom stereocenters. The van der Waals surface area contributed by atoms with E-state index in [1.165, 1.54) is 24.1 Å². The summed E-state index contributed by atoms with van der Waals surface area (Å²) in [5, 5.41) is 3.82. The molecule has 1 unspecified atom stereocenters. The van der Waals surface area contributed by atoms with Crippen molar-refractivity contribution < 1.29 is 28.0 Å². The minimum absolute atomic E-state index is 0.0645. The molecule has 7 nitrogen and oxygen atoms in total. The smallest absolute Gasteiger partial charge is 0.328 e. The van der Waals surface area contributed by atoms with Gasteiger partial charge in [0, 0.05) is 6.54 Å². The lowest BCUT2D eigenvalue weighted by Gasteiger charge is -2.21. The van der Waals surface area contributed by atoms with Crippen LogP contribution >= 0.6 is 0 Å². The molecule has 0 saturated carbocycles. The van der Waals surface area contributed by atoms with Crippen LogP contribution in [0.25, 0.3) is 0 Å². The largest absolute Gasteiger partial charge is 0.486 e. The fourth-order valence-corrected chi connectivity index (χ4v) is 2.97. The predicted octanol–water partition coefficient (Wildman–Crippen LogP) is 2.48. The molecule has 0 aliphatic carbocycles. The van der Waals surface area contributed by atoms with E-state index in [4.69, 9.17) is 14.0 Å². The molecule has 0 radical (unpaired) electrons. The SMILES string of the molecule is COC(=O)C1CCCN1C(=O)c1noc(C)c1COc1ccccc1F. The number of likely N-dealkylation sites (tertiary alicyclic amines) is 1. The number of aromatic nitrogens is 1. The van der Waals surface area contributed by atoms with Crippen molar-refractivity contribution in [1.29, 1.82) is 0 Å². The van der Waals surface area contributed by atoms with E-state index in [0.717, 1.165) is 0 Å². The number of amides is 1. The molecule has 0 N–H and O–H groups in total. The van der Waals surface area contributed by atoms with Gasteiger partial charge >= 0.3 is 5.97 Å². The Morgan fingerprint density at radius 2 is 2.15 bits per heavy atom. The van der Waals surface area contributed by atoms with E-state index in [9.17, 15) is 14.0 Å². The maximum absolute atomic E-state index is 13.7. The fraction of sp³-hybridized carbons (Fsp3) is 0.389. The molecule has 26 heavy (non-hydrogen) atoms. The van der Waals surface area contributed by atoms with Gasteiger partial charge in [-0.25, -0.2) is 9.18 Å². The summed E-state index contributed by atoms with van der Waals surface area (Å²) >= 11 is 0. The molecule has 8 heteroatoms. The van der Waals surface area contributed by atoms with E-state index in [-0.39, 0.29) is 18.1 Å². The summed E-state index contributed by atoms with van der Waals surface area (Å²) in [6, 6.07) is 5.35. The maximum atomic E-state index is 13.7.